The molecule has 0 radical (unpaired) electrons. The Balaban J connectivity index is 1.38. The zero-order valence-electron chi connectivity index (χ0n) is 21.0. The highest BCUT2D eigenvalue weighted by Gasteiger charge is 2.48. The first-order chi connectivity index (χ1) is 19.3. The maximum absolute atomic E-state index is 13.5. The third kappa shape index (κ3) is 5.10. The molecule has 3 aromatic carbocycles. The molecular formula is C29H21Cl2N3O4S2. The zero-order valence-corrected chi connectivity index (χ0v) is 24.2. The van der Waals surface area contributed by atoms with Gasteiger partial charge in [0, 0.05) is 27.8 Å². The molecule has 11 heteroatoms. The molecule has 1 N–H and O–H groups in total. The molecule has 1 saturated heterocycles. The molecule has 2 aliphatic rings. The standard InChI is InChI=1S/C29H21Cl2N3O4S2/c1-15-11-19-12-18(7-10-22(19)38-15)25(35)23-24(17-3-2-4-21(31)13-17)34(27(37)26(23)36)28-32-33-29(40-28)39-14-16-5-8-20(30)9-6-16/h2-10,12-13,15,24,35H,11,14H2,1H3/b25-23+/t15-,24-/m1/s1. The molecule has 0 unspecified atom stereocenters. The number of hydrogen-bond donors (Lipinski definition) is 1. The molecule has 1 fully saturated rings. The zero-order chi connectivity index (χ0) is 28.0. The molecule has 40 heavy (non-hydrogen) atoms. The maximum Gasteiger partial charge on any atom is 0.301 e. The Hall–Kier alpha value is -3.37. The van der Waals surface area contributed by atoms with Crippen molar-refractivity contribution in [3.8, 4) is 5.75 Å². The van der Waals surface area contributed by atoms with Crippen molar-refractivity contribution in [3.05, 3.63) is 105 Å². The van der Waals surface area contributed by atoms with Gasteiger partial charge in [0.1, 0.15) is 17.6 Å². The number of carbonyl (C=O) groups excluding carboxylic acids is 2. The molecule has 7 nitrogen and oxygen atoms in total. The van der Waals surface area contributed by atoms with Crippen LogP contribution in [0.25, 0.3) is 5.76 Å². The van der Waals surface area contributed by atoms with Crippen molar-refractivity contribution in [3.63, 3.8) is 0 Å². The summed E-state index contributed by atoms with van der Waals surface area (Å²) in [5.41, 5.74) is 2.94. The van der Waals surface area contributed by atoms with Crippen LogP contribution in [0.5, 0.6) is 5.75 Å². The van der Waals surface area contributed by atoms with Crippen LogP contribution in [-0.4, -0.2) is 33.1 Å². The number of amides is 1. The first-order valence-corrected chi connectivity index (χ1v) is 14.9. The number of rotatable bonds is 6. The number of carbonyl (C=O) groups is 2. The monoisotopic (exact) mass is 609 g/mol. The minimum absolute atomic E-state index is 0.0218. The van der Waals surface area contributed by atoms with Crippen molar-refractivity contribution in [2.45, 2.75) is 35.6 Å². The lowest BCUT2D eigenvalue weighted by Gasteiger charge is -2.22. The number of ketones is 1. The fourth-order valence-electron chi connectivity index (χ4n) is 4.83. The predicted molar refractivity (Wildman–Crippen MR) is 157 cm³/mol. The summed E-state index contributed by atoms with van der Waals surface area (Å²) in [6.45, 7) is 1.97. The van der Waals surface area contributed by atoms with Crippen LogP contribution >= 0.6 is 46.3 Å². The molecule has 3 heterocycles. The van der Waals surface area contributed by atoms with Gasteiger partial charge < -0.3 is 9.84 Å². The van der Waals surface area contributed by atoms with Crippen molar-refractivity contribution in [1.82, 2.24) is 10.2 Å². The second-order valence-electron chi connectivity index (χ2n) is 9.44. The van der Waals surface area contributed by atoms with Gasteiger partial charge in [0.05, 0.1) is 11.6 Å². The van der Waals surface area contributed by atoms with E-state index in [1.807, 2.05) is 31.2 Å². The Kier molecular flexibility index (Phi) is 7.31. The Labute approximate surface area is 248 Å². The second-order valence-corrected chi connectivity index (χ2v) is 12.5. The van der Waals surface area contributed by atoms with Gasteiger partial charge in [0.25, 0.3) is 5.78 Å². The molecular weight excluding hydrogens is 589 g/mol. The van der Waals surface area contributed by atoms with Crippen molar-refractivity contribution < 1.29 is 19.4 Å². The van der Waals surface area contributed by atoms with Crippen molar-refractivity contribution >= 4 is 68.9 Å². The lowest BCUT2D eigenvalue weighted by Crippen LogP contribution is -2.29. The van der Waals surface area contributed by atoms with E-state index in [4.69, 9.17) is 27.9 Å². The van der Waals surface area contributed by atoms with E-state index in [0.717, 1.165) is 16.9 Å². The number of aliphatic hydroxyl groups is 1. The molecule has 6 rings (SSSR count). The average molecular weight is 611 g/mol. The minimum Gasteiger partial charge on any atom is -0.507 e. The van der Waals surface area contributed by atoms with E-state index in [0.29, 0.717) is 37.7 Å². The Morgan fingerprint density at radius 3 is 2.65 bits per heavy atom. The summed E-state index contributed by atoms with van der Waals surface area (Å²) in [6.07, 6.45) is 0.706. The smallest absolute Gasteiger partial charge is 0.301 e. The predicted octanol–water partition coefficient (Wildman–Crippen LogP) is 7.09. The average Bonchev–Trinajstić information content (AvgIpc) is 3.63. The van der Waals surface area contributed by atoms with E-state index in [2.05, 4.69) is 10.2 Å². The molecule has 1 amide bonds. The van der Waals surface area contributed by atoms with Gasteiger partial charge in [0.15, 0.2) is 4.34 Å². The first kappa shape index (κ1) is 26.8. The van der Waals surface area contributed by atoms with Crippen LogP contribution in [0, 0.1) is 0 Å². The molecule has 0 bridgehead atoms. The molecule has 202 valence electrons. The van der Waals surface area contributed by atoms with Gasteiger partial charge in [-0.1, -0.05) is 70.6 Å². The third-order valence-electron chi connectivity index (χ3n) is 6.66. The molecule has 2 aliphatic heterocycles. The number of Topliss-reactive ketones (excluding diaryl/α,β-unsaturated/α-hetero) is 1. The van der Waals surface area contributed by atoms with Crippen LogP contribution in [0.4, 0.5) is 5.13 Å². The van der Waals surface area contributed by atoms with Crippen LogP contribution in [0.3, 0.4) is 0 Å². The number of halogens is 2. The van der Waals surface area contributed by atoms with Crippen LogP contribution in [-0.2, 0) is 21.8 Å². The summed E-state index contributed by atoms with van der Waals surface area (Å²) in [5, 5.41) is 21.3. The van der Waals surface area contributed by atoms with Gasteiger partial charge >= 0.3 is 5.91 Å². The quantitative estimate of drug-likeness (QED) is 0.0820. The van der Waals surface area contributed by atoms with E-state index in [-0.39, 0.29) is 22.6 Å². The van der Waals surface area contributed by atoms with E-state index in [9.17, 15) is 14.7 Å². The number of ether oxygens (including phenoxy) is 1. The van der Waals surface area contributed by atoms with Crippen molar-refractivity contribution in [2.75, 3.05) is 4.90 Å². The van der Waals surface area contributed by atoms with Crippen LogP contribution in [0.1, 0.15) is 35.2 Å². The first-order valence-electron chi connectivity index (χ1n) is 12.4. The fourth-order valence-corrected chi connectivity index (χ4v) is 6.98. The number of anilines is 1. The lowest BCUT2D eigenvalue weighted by molar-refractivity contribution is -0.132. The van der Waals surface area contributed by atoms with Crippen LogP contribution in [0.15, 0.2) is 76.6 Å². The molecule has 0 saturated carbocycles. The Morgan fingerprint density at radius 1 is 1.07 bits per heavy atom. The van der Waals surface area contributed by atoms with Gasteiger partial charge in [-0.15, -0.1) is 10.2 Å². The van der Waals surface area contributed by atoms with Crippen molar-refractivity contribution in [2.24, 2.45) is 0 Å². The number of hydrogen-bond acceptors (Lipinski definition) is 8. The van der Waals surface area contributed by atoms with E-state index >= 15 is 0 Å². The summed E-state index contributed by atoms with van der Waals surface area (Å²) in [7, 11) is 0. The molecule has 0 aliphatic carbocycles. The fraction of sp³-hybridized carbons (Fsp3) is 0.172. The van der Waals surface area contributed by atoms with Gasteiger partial charge in [-0.3, -0.25) is 14.5 Å². The normalized spacial score (nSPS) is 19.6. The summed E-state index contributed by atoms with van der Waals surface area (Å²) in [6, 6.07) is 18.7. The Bertz CT molecular complexity index is 1670. The molecule has 4 aromatic rings. The highest BCUT2D eigenvalue weighted by molar-refractivity contribution is 8.00. The number of aliphatic hydroxyl groups excluding tert-OH is 1. The van der Waals surface area contributed by atoms with Crippen molar-refractivity contribution in [1.29, 1.82) is 0 Å². The Morgan fingerprint density at radius 2 is 1.88 bits per heavy atom. The number of benzene rings is 3. The van der Waals surface area contributed by atoms with E-state index < -0.39 is 17.7 Å². The molecule has 2 atom stereocenters. The summed E-state index contributed by atoms with van der Waals surface area (Å²) >= 11 is 14.9. The number of aromatic nitrogens is 2. The van der Waals surface area contributed by atoms with E-state index in [1.54, 1.807) is 42.5 Å². The lowest BCUT2D eigenvalue weighted by atomic mass is 9.94. The van der Waals surface area contributed by atoms with Gasteiger partial charge in [-0.05, 0) is 66.1 Å². The highest BCUT2D eigenvalue weighted by Crippen LogP contribution is 2.45. The molecule has 0 spiro atoms. The second kappa shape index (κ2) is 10.9. The number of thioether (sulfide) groups is 1. The van der Waals surface area contributed by atoms with Gasteiger partial charge in [-0.25, -0.2) is 0 Å². The number of nitrogens with zero attached hydrogens (tertiary/aromatic N) is 3. The number of fused-ring (bicyclic) bond motifs is 1. The van der Waals surface area contributed by atoms with Crippen LogP contribution in [0.2, 0.25) is 10.0 Å². The van der Waals surface area contributed by atoms with Gasteiger partial charge in [-0.2, -0.15) is 0 Å². The maximum atomic E-state index is 13.5. The van der Waals surface area contributed by atoms with Gasteiger partial charge in [0.2, 0.25) is 5.13 Å². The summed E-state index contributed by atoms with van der Waals surface area (Å²) in [4.78, 5) is 28.2. The largest absolute Gasteiger partial charge is 0.507 e. The summed E-state index contributed by atoms with van der Waals surface area (Å²) < 4.78 is 6.41. The van der Waals surface area contributed by atoms with Crippen LogP contribution < -0.4 is 9.64 Å². The topological polar surface area (TPSA) is 92.6 Å². The summed E-state index contributed by atoms with van der Waals surface area (Å²) in [5.74, 6) is -0.500. The molecule has 1 aromatic heterocycles. The SMILES string of the molecule is C[C@@H]1Cc2cc(/C(O)=C3\C(=O)C(=O)N(c4nnc(SCc5ccc(Cl)cc5)s4)[C@@H]3c3cccc(Cl)c3)ccc2O1. The highest BCUT2D eigenvalue weighted by atomic mass is 35.5. The minimum atomic E-state index is -0.941. The third-order valence-corrected chi connectivity index (χ3v) is 9.27. The van der Waals surface area contributed by atoms with E-state index in [1.165, 1.54) is 28.0 Å².